The number of benzene rings is 1. The lowest BCUT2D eigenvalue weighted by Crippen LogP contribution is -2.25. The van der Waals surface area contributed by atoms with Gasteiger partial charge in [0, 0.05) is 0 Å². The van der Waals surface area contributed by atoms with E-state index < -0.39 is 5.82 Å². The third kappa shape index (κ3) is 3.33. The Morgan fingerprint density at radius 3 is 2.78 bits per heavy atom. The van der Waals surface area contributed by atoms with E-state index in [2.05, 4.69) is 13.8 Å². The third-order valence-corrected chi connectivity index (χ3v) is 3.60. The van der Waals surface area contributed by atoms with Crippen LogP contribution in [0.5, 0.6) is 0 Å². The molecular weight excluding hydrogens is 251 g/mol. The second-order valence-electron chi connectivity index (χ2n) is 5.86. The van der Waals surface area contributed by atoms with E-state index in [1.165, 1.54) is 11.6 Å². The van der Waals surface area contributed by atoms with Crippen molar-refractivity contribution in [3.05, 3.63) is 46.3 Å². The van der Waals surface area contributed by atoms with Gasteiger partial charge in [-0.25, -0.2) is 4.39 Å². The van der Waals surface area contributed by atoms with Gasteiger partial charge in [0.2, 0.25) is 0 Å². The zero-order chi connectivity index (χ0) is 13.3. The highest BCUT2D eigenvalue weighted by Crippen LogP contribution is 2.36. The molecule has 1 unspecified atom stereocenters. The van der Waals surface area contributed by atoms with E-state index in [9.17, 15) is 9.50 Å². The van der Waals surface area contributed by atoms with Crippen molar-refractivity contribution in [1.29, 1.82) is 0 Å². The standard InChI is InChI=1S/C15H18ClFO/c1-15(2)8-11(6-12(18)9-15)5-10-3-4-14(17)13(16)7-10/h3-4,6-7,12,18H,5,8-9H2,1-2H3. The lowest BCUT2D eigenvalue weighted by atomic mass is 9.75. The fourth-order valence-electron chi connectivity index (χ4n) is 2.68. The first-order valence-corrected chi connectivity index (χ1v) is 6.55. The quantitative estimate of drug-likeness (QED) is 0.800. The highest BCUT2D eigenvalue weighted by molar-refractivity contribution is 6.30. The maximum atomic E-state index is 13.1. The molecule has 1 N–H and O–H groups in total. The Balaban J connectivity index is 2.16. The van der Waals surface area contributed by atoms with Crippen LogP contribution in [0.2, 0.25) is 5.02 Å². The van der Waals surface area contributed by atoms with Crippen LogP contribution in [0.1, 0.15) is 32.3 Å². The molecular formula is C15H18ClFO. The normalized spacial score (nSPS) is 22.7. The van der Waals surface area contributed by atoms with E-state index >= 15 is 0 Å². The van der Waals surface area contributed by atoms with Gasteiger partial charge in [-0.15, -0.1) is 0 Å². The van der Waals surface area contributed by atoms with Crippen LogP contribution in [-0.2, 0) is 6.42 Å². The summed E-state index contributed by atoms with van der Waals surface area (Å²) in [6, 6.07) is 4.80. The summed E-state index contributed by atoms with van der Waals surface area (Å²) < 4.78 is 13.1. The minimum Gasteiger partial charge on any atom is -0.389 e. The van der Waals surface area contributed by atoms with Crippen LogP contribution >= 0.6 is 11.6 Å². The van der Waals surface area contributed by atoms with Crippen molar-refractivity contribution in [2.75, 3.05) is 0 Å². The van der Waals surface area contributed by atoms with E-state index in [4.69, 9.17) is 11.6 Å². The maximum absolute atomic E-state index is 13.1. The van der Waals surface area contributed by atoms with Crippen LogP contribution in [0.4, 0.5) is 4.39 Å². The fourth-order valence-corrected chi connectivity index (χ4v) is 2.88. The molecule has 0 aromatic heterocycles. The molecule has 0 fully saturated rings. The largest absolute Gasteiger partial charge is 0.389 e. The van der Waals surface area contributed by atoms with E-state index in [1.807, 2.05) is 6.08 Å². The molecule has 0 radical (unpaired) electrons. The number of aliphatic hydroxyl groups is 1. The highest BCUT2D eigenvalue weighted by atomic mass is 35.5. The van der Waals surface area contributed by atoms with Crippen molar-refractivity contribution in [3.8, 4) is 0 Å². The van der Waals surface area contributed by atoms with Gasteiger partial charge in [0.15, 0.2) is 0 Å². The first-order chi connectivity index (χ1) is 8.35. The number of hydrogen-bond donors (Lipinski definition) is 1. The zero-order valence-corrected chi connectivity index (χ0v) is 11.5. The van der Waals surface area contributed by atoms with Gasteiger partial charge in [-0.3, -0.25) is 0 Å². The average Bonchev–Trinajstić information content (AvgIpc) is 2.20. The van der Waals surface area contributed by atoms with Crippen LogP contribution in [0.25, 0.3) is 0 Å². The number of rotatable bonds is 2. The van der Waals surface area contributed by atoms with Crippen LogP contribution < -0.4 is 0 Å². The van der Waals surface area contributed by atoms with Crippen LogP contribution in [0, 0.1) is 11.2 Å². The van der Waals surface area contributed by atoms with Crippen molar-refractivity contribution in [3.63, 3.8) is 0 Å². The summed E-state index contributed by atoms with van der Waals surface area (Å²) in [5, 5.41) is 9.99. The highest BCUT2D eigenvalue weighted by Gasteiger charge is 2.27. The minimum atomic E-state index is -0.390. The van der Waals surface area contributed by atoms with Gasteiger partial charge in [-0.05, 0) is 42.4 Å². The van der Waals surface area contributed by atoms with E-state index in [1.54, 1.807) is 12.1 Å². The van der Waals surface area contributed by atoms with Crippen molar-refractivity contribution in [2.24, 2.45) is 5.41 Å². The molecule has 1 aliphatic carbocycles. The van der Waals surface area contributed by atoms with Crippen molar-refractivity contribution in [2.45, 2.75) is 39.2 Å². The van der Waals surface area contributed by atoms with Gasteiger partial charge in [-0.2, -0.15) is 0 Å². The summed E-state index contributed by atoms with van der Waals surface area (Å²) in [7, 11) is 0. The number of aliphatic hydroxyl groups excluding tert-OH is 1. The Morgan fingerprint density at radius 2 is 2.17 bits per heavy atom. The van der Waals surface area contributed by atoms with E-state index in [0.29, 0.717) is 0 Å². The molecule has 1 aromatic carbocycles. The summed E-state index contributed by atoms with van der Waals surface area (Å²) in [4.78, 5) is 0. The van der Waals surface area contributed by atoms with Crippen LogP contribution in [0.15, 0.2) is 29.8 Å². The van der Waals surface area contributed by atoms with Gasteiger partial charge in [0.1, 0.15) is 5.82 Å². The first kappa shape index (κ1) is 13.6. The third-order valence-electron chi connectivity index (χ3n) is 3.31. The number of halogens is 2. The van der Waals surface area contributed by atoms with Gasteiger partial charge in [-0.1, -0.05) is 43.2 Å². The summed E-state index contributed by atoms with van der Waals surface area (Å²) >= 11 is 5.77. The summed E-state index contributed by atoms with van der Waals surface area (Å²) in [6.07, 6.45) is 4.02. The molecule has 0 saturated heterocycles. The lowest BCUT2D eigenvalue weighted by Gasteiger charge is -2.32. The Hall–Kier alpha value is -0.860. The molecule has 0 amide bonds. The molecule has 0 aliphatic heterocycles. The van der Waals surface area contributed by atoms with Crippen molar-refractivity contribution >= 4 is 11.6 Å². The number of hydrogen-bond acceptors (Lipinski definition) is 1. The smallest absolute Gasteiger partial charge is 0.141 e. The summed E-state index contributed by atoms with van der Waals surface area (Å²) in [5.41, 5.74) is 2.30. The molecule has 0 saturated carbocycles. The molecule has 18 heavy (non-hydrogen) atoms. The summed E-state index contributed by atoms with van der Waals surface area (Å²) in [6.45, 7) is 4.31. The lowest BCUT2D eigenvalue weighted by molar-refractivity contribution is 0.138. The Kier molecular flexibility index (Phi) is 3.79. The van der Waals surface area contributed by atoms with Gasteiger partial charge in [0.25, 0.3) is 0 Å². The molecule has 1 atom stereocenters. The fraction of sp³-hybridized carbons (Fsp3) is 0.467. The molecule has 1 aromatic rings. The maximum Gasteiger partial charge on any atom is 0.141 e. The second-order valence-corrected chi connectivity index (χ2v) is 6.27. The molecule has 2 rings (SSSR count). The topological polar surface area (TPSA) is 20.2 Å². The van der Waals surface area contributed by atoms with Gasteiger partial charge < -0.3 is 5.11 Å². The van der Waals surface area contributed by atoms with E-state index in [-0.39, 0.29) is 16.5 Å². The first-order valence-electron chi connectivity index (χ1n) is 6.17. The molecule has 0 heterocycles. The minimum absolute atomic E-state index is 0.118. The Labute approximate surface area is 112 Å². The van der Waals surface area contributed by atoms with Crippen LogP contribution in [-0.4, -0.2) is 11.2 Å². The molecule has 0 bridgehead atoms. The summed E-state index contributed by atoms with van der Waals surface area (Å²) in [5.74, 6) is -0.390. The predicted octanol–water partition coefficient (Wildman–Crippen LogP) is 4.13. The zero-order valence-electron chi connectivity index (χ0n) is 10.7. The predicted molar refractivity (Wildman–Crippen MR) is 72.2 cm³/mol. The molecule has 0 spiro atoms. The molecule has 1 nitrogen and oxygen atoms in total. The molecule has 1 aliphatic rings. The monoisotopic (exact) mass is 268 g/mol. The second kappa shape index (κ2) is 5.02. The Morgan fingerprint density at radius 1 is 1.44 bits per heavy atom. The molecule has 98 valence electrons. The van der Waals surface area contributed by atoms with Crippen molar-refractivity contribution < 1.29 is 9.50 Å². The SMILES string of the molecule is CC1(C)CC(Cc2ccc(F)c(Cl)c2)=CC(O)C1. The van der Waals surface area contributed by atoms with Crippen molar-refractivity contribution in [1.82, 2.24) is 0 Å². The molecule has 3 heteroatoms. The van der Waals surface area contributed by atoms with Gasteiger partial charge in [0.05, 0.1) is 11.1 Å². The number of allylic oxidation sites excluding steroid dienone is 1. The van der Waals surface area contributed by atoms with Gasteiger partial charge >= 0.3 is 0 Å². The average molecular weight is 269 g/mol. The van der Waals surface area contributed by atoms with Crippen LogP contribution in [0.3, 0.4) is 0 Å². The Bertz CT molecular complexity index is 479. The van der Waals surface area contributed by atoms with E-state index in [0.717, 1.165) is 24.8 Å².